The van der Waals surface area contributed by atoms with Crippen LogP contribution in [0.2, 0.25) is 5.02 Å². The minimum absolute atomic E-state index is 0.200. The lowest BCUT2D eigenvalue weighted by atomic mass is 10.1. The lowest BCUT2D eigenvalue weighted by molar-refractivity contribution is -0.385. The molecular formula is C18H20ClN3O2. The van der Waals surface area contributed by atoms with Gasteiger partial charge in [0, 0.05) is 55.1 Å². The molecule has 24 heavy (non-hydrogen) atoms. The fourth-order valence-electron chi connectivity index (χ4n) is 3.13. The summed E-state index contributed by atoms with van der Waals surface area (Å²) >= 11 is 6.12. The SMILES string of the molecule is Cc1ccc(Cl)cc1N1CCN(Cc2ccccc2[N+](=O)[O-])CC1. The van der Waals surface area contributed by atoms with Crippen LogP contribution in [0.25, 0.3) is 0 Å². The van der Waals surface area contributed by atoms with E-state index >= 15 is 0 Å². The van der Waals surface area contributed by atoms with Crippen LogP contribution in [0.5, 0.6) is 0 Å². The summed E-state index contributed by atoms with van der Waals surface area (Å²) in [5.74, 6) is 0. The van der Waals surface area contributed by atoms with Gasteiger partial charge in [0.2, 0.25) is 0 Å². The number of nitrogens with zero attached hydrogens (tertiary/aromatic N) is 3. The molecule has 0 N–H and O–H groups in total. The molecule has 0 unspecified atom stereocenters. The smallest absolute Gasteiger partial charge is 0.273 e. The molecule has 0 aromatic heterocycles. The number of nitro groups is 1. The molecule has 126 valence electrons. The van der Waals surface area contributed by atoms with Gasteiger partial charge in [-0.25, -0.2) is 0 Å². The number of anilines is 1. The van der Waals surface area contributed by atoms with Crippen LogP contribution >= 0.6 is 11.6 Å². The van der Waals surface area contributed by atoms with Crippen LogP contribution in [0.4, 0.5) is 11.4 Å². The van der Waals surface area contributed by atoms with Crippen LogP contribution in [-0.2, 0) is 6.54 Å². The van der Waals surface area contributed by atoms with Crippen LogP contribution in [0.15, 0.2) is 42.5 Å². The average Bonchev–Trinajstić information content (AvgIpc) is 2.58. The van der Waals surface area contributed by atoms with E-state index in [2.05, 4.69) is 16.7 Å². The normalized spacial score (nSPS) is 15.5. The van der Waals surface area contributed by atoms with Crippen LogP contribution < -0.4 is 4.90 Å². The number of benzene rings is 2. The quantitative estimate of drug-likeness (QED) is 0.623. The second-order valence-electron chi connectivity index (χ2n) is 6.08. The average molecular weight is 346 g/mol. The Kier molecular flexibility index (Phi) is 5.02. The van der Waals surface area contributed by atoms with E-state index in [0.717, 1.165) is 36.8 Å². The van der Waals surface area contributed by atoms with Gasteiger partial charge < -0.3 is 4.90 Å². The highest BCUT2D eigenvalue weighted by atomic mass is 35.5. The summed E-state index contributed by atoms with van der Waals surface area (Å²) in [7, 11) is 0. The molecule has 0 aliphatic carbocycles. The third-order valence-electron chi connectivity index (χ3n) is 4.47. The molecule has 5 nitrogen and oxygen atoms in total. The van der Waals surface area contributed by atoms with Crippen molar-refractivity contribution in [1.29, 1.82) is 0 Å². The third kappa shape index (κ3) is 3.68. The summed E-state index contributed by atoms with van der Waals surface area (Å²) in [6.45, 7) is 6.23. The zero-order valence-electron chi connectivity index (χ0n) is 13.6. The first-order valence-corrected chi connectivity index (χ1v) is 8.38. The van der Waals surface area contributed by atoms with Crippen molar-refractivity contribution in [3.05, 3.63) is 68.7 Å². The Bertz CT molecular complexity index is 743. The first kappa shape index (κ1) is 16.7. The highest BCUT2D eigenvalue weighted by molar-refractivity contribution is 6.30. The lowest BCUT2D eigenvalue weighted by Crippen LogP contribution is -2.46. The summed E-state index contributed by atoms with van der Waals surface area (Å²) in [6.07, 6.45) is 0. The Morgan fingerprint density at radius 1 is 1.12 bits per heavy atom. The molecular weight excluding hydrogens is 326 g/mol. The summed E-state index contributed by atoms with van der Waals surface area (Å²) in [4.78, 5) is 15.4. The van der Waals surface area contributed by atoms with Gasteiger partial charge >= 0.3 is 0 Å². The van der Waals surface area contributed by atoms with Crippen LogP contribution in [0.1, 0.15) is 11.1 Å². The predicted octanol–water partition coefficient (Wildman–Crippen LogP) is 3.88. The molecule has 1 saturated heterocycles. The highest BCUT2D eigenvalue weighted by Crippen LogP contribution is 2.26. The Morgan fingerprint density at radius 3 is 2.54 bits per heavy atom. The minimum atomic E-state index is -0.305. The Balaban J connectivity index is 1.66. The molecule has 1 heterocycles. The van der Waals surface area contributed by atoms with E-state index in [1.54, 1.807) is 12.1 Å². The molecule has 3 rings (SSSR count). The van der Waals surface area contributed by atoms with E-state index in [0.29, 0.717) is 6.54 Å². The summed E-state index contributed by atoms with van der Waals surface area (Å²) in [5.41, 5.74) is 3.36. The number of piperazine rings is 1. The largest absolute Gasteiger partial charge is 0.369 e. The Hall–Kier alpha value is -2.11. The van der Waals surface area contributed by atoms with Crippen molar-refractivity contribution >= 4 is 23.0 Å². The monoisotopic (exact) mass is 345 g/mol. The van der Waals surface area contributed by atoms with Crippen molar-refractivity contribution in [3.8, 4) is 0 Å². The molecule has 0 spiro atoms. The maximum absolute atomic E-state index is 11.1. The third-order valence-corrected chi connectivity index (χ3v) is 4.70. The van der Waals surface area contributed by atoms with Gasteiger partial charge in [-0.3, -0.25) is 15.0 Å². The van der Waals surface area contributed by atoms with Crippen molar-refractivity contribution < 1.29 is 4.92 Å². The minimum Gasteiger partial charge on any atom is -0.369 e. The van der Waals surface area contributed by atoms with Gasteiger partial charge in [0.05, 0.1) is 4.92 Å². The van der Waals surface area contributed by atoms with Gasteiger partial charge in [0.15, 0.2) is 0 Å². The van der Waals surface area contributed by atoms with E-state index in [-0.39, 0.29) is 10.6 Å². The molecule has 2 aromatic rings. The first-order valence-electron chi connectivity index (χ1n) is 8.00. The van der Waals surface area contributed by atoms with Crippen LogP contribution in [0.3, 0.4) is 0 Å². The number of aryl methyl sites for hydroxylation is 1. The molecule has 1 fully saturated rings. The molecule has 1 aliphatic heterocycles. The van der Waals surface area contributed by atoms with E-state index in [9.17, 15) is 10.1 Å². The topological polar surface area (TPSA) is 49.6 Å². The molecule has 2 aromatic carbocycles. The second-order valence-corrected chi connectivity index (χ2v) is 6.52. The molecule has 0 saturated carbocycles. The molecule has 1 aliphatic rings. The second kappa shape index (κ2) is 7.20. The standard InChI is InChI=1S/C18H20ClN3O2/c1-14-6-7-16(19)12-18(14)21-10-8-20(9-11-21)13-15-4-2-3-5-17(15)22(23)24/h2-7,12H,8-11,13H2,1H3. The Labute approximate surface area is 146 Å². The fraction of sp³-hybridized carbons (Fsp3) is 0.333. The maximum atomic E-state index is 11.1. The van der Waals surface area contributed by atoms with Gasteiger partial charge in [-0.2, -0.15) is 0 Å². The van der Waals surface area contributed by atoms with Gasteiger partial charge in [0.25, 0.3) is 5.69 Å². The van der Waals surface area contributed by atoms with Crippen molar-refractivity contribution in [2.75, 3.05) is 31.1 Å². The van der Waals surface area contributed by atoms with Crippen molar-refractivity contribution in [2.45, 2.75) is 13.5 Å². The van der Waals surface area contributed by atoms with E-state index < -0.39 is 0 Å². The lowest BCUT2D eigenvalue weighted by Gasteiger charge is -2.36. The molecule has 6 heteroatoms. The highest BCUT2D eigenvalue weighted by Gasteiger charge is 2.21. The zero-order valence-corrected chi connectivity index (χ0v) is 14.4. The molecule has 0 atom stereocenters. The number of rotatable bonds is 4. The van der Waals surface area contributed by atoms with E-state index in [1.165, 1.54) is 11.3 Å². The molecule has 0 bridgehead atoms. The molecule has 0 amide bonds. The van der Waals surface area contributed by atoms with Crippen LogP contribution in [-0.4, -0.2) is 36.0 Å². The predicted molar refractivity (Wildman–Crippen MR) is 96.8 cm³/mol. The van der Waals surface area contributed by atoms with Crippen molar-refractivity contribution in [1.82, 2.24) is 4.90 Å². The van der Waals surface area contributed by atoms with Gasteiger partial charge in [0.1, 0.15) is 0 Å². The van der Waals surface area contributed by atoms with Gasteiger partial charge in [-0.15, -0.1) is 0 Å². The summed E-state index contributed by atoms with van der Waals surface area (Å²) in [5, 5.41) is 11.9. The Morgan fingerprint density at radius 2 is 1.83 bits per heavy atom. The first-order chi connectivity index (χ1) is 11.5. The summed E-state index contributed by atoms with van der Waals surface area (Å²) < 4.78 is 0. The number of para-hydroxylation sites is 1. The number of hydrogen-bond donors (Lipinski definition) is 0. The zero-order chi connectivity index (χ0) is 17.1. The van der Waals surface area contributed by atoms with Crippen LogP contribution in [0, 0.1) is 17.0 Å². The van der Waals surface area contributed by atoms with Gasteiger partial charge in [-0.1, -0.05) is 35.9 Å². The molecule has 0 radical (unpaired) electrons. The number of hydrogen-bond acceptors (Lipinski definition) is 4. The van der Waals surface area contributed by atoms with Gasteiger partial charge in [-0.05, 0) is 24.6 Å². The van der Waals surface area contributed by atoms with Crippen molar-refractivity contribution in [2.24, 2.45) is 0 Å². The van der Waals surface area contributed by atoms with E-state index in [1.807, 2.05) is 30.3 Å². The fourth-order valence-corrected chi connectivity index (χ4v) is 3.30. The number of halogens is 1. The summed E-state index contributed by atoms with van der Waals surface area (Å²) in [6, 6.07) is 12.9. The number of nitro benzene ring substituents is 1. The van der Waals surface area contributed by atoms with Crippen molar-refractivity contribution in [3.63, 3.8) is 0 Å². The maximum Gasteiger partial charge on any atom is 0.273 e. The van der Waals surface area contributed by atoms with E-state index in [4.69, 9.17) is 11.6 Å².